The topological polar surface area (TPSA) is 93.2 Å². The lowest BCUT2D eigenvalue weighted by atomic mass is 10.3. The van der Waals surface area contributed by atoms with E-state index < -0.39 is 5.97 Å². The number of rotatable bonds is 7. The number of aryl methyl sites for hydroxylation is 1. The lowest BCUT2D eigenvalue weighted by Gasteiger charge is -2.02. The SMILES string of the molecule is CCOC(=O)c1sc(NC(=O)Cc2csc(Nc3cccc(Cl)c3)n2)nc1C. The highest BCUT2D eigenvalue weighted by Crippen LogP contribution is 2.25. The van der Waals surface area contributed by atoms with Crippen LogP contribution in [-0.4, -0.2) is 28.5 Å². The van der Waals surface area contributed by atoms with Crippen LogP contribution in [-0.2, 0) is 16.0 Å². The molecule has 0 aliphatic carbocycles. The molecular weight excluding hydrogens is 420 g/mol. The molecule has 1 amide bonds. The number of hydrogen-bond acceptors (Lipinski definition) is 8. The summed E-state index contributed by atoms with van der Waals surface area (Å²) in [5.74, 6) is -0.696. The summed E-state index contributed by atoms with van der Waals surface area (Å²) in [4.78, 5) is 33.1. The van der Waals surface area contributed by atoms with Gasteiger partial charge >= 0.3 is 5.97 Å². The minimum atomic E-state index is -0.436. The van der Waals surface area contributed by atoms with E-state index in [0.717, 1.165) is 17.0 Å². The Balaban J connectivity index is 1.59. The van der Waals surface area contributed by atoms with Crippen molar-refractivity contribution in [2.75, 3.05) is 17.2 Å². The maximum absolute atomic E-state index is 12.3. The predicted octanol–water partition coefficient (Wildman–Crippen LogP) is 4.66. The molecule has 7 nitrogen and oxygen atoms in total. The number of nitrogens with zero attached hydrogens (tertiary/aromatic N) is 2. The van der Waals surface area contributed by atoms with Crippen LogP contribution < -0.4 is 10.6 Å². The van der Waals surface area contributed by atoms with E-state index in [-0.39, 0.29) is 18.9 Å². The summed E-state index contributed by atoms with van der Waals surface area (Å²) in [6, 6.07) is 7.30. The molecule has 28 heavy (non-hydrogen) atoms. The third-order valence-corrected chi connectivity index (χ3v) is 5.57. The summed E-state index contributed by atoms with van der Waals surface area (Å²) in [5.41, 5.74) is 1.98. The predicted molar refractivity (Wildman–Crippen MR) is 112 cm³/mol. The van der Waals surface area contributed by atoms with Crippen LogP contribution in [0.2, 0.25) is 5.02 Å². The van der Waals surface area contributed by atoms with Crippen molar-refractivity contribution in [1.29, 1.82) is 0 Å². The van der Waals surface area contributed by atoms with Gasteiger partial charge in [-0.3, -0.25) is 4.79 Å². The number of amides is 1. The summed E-state index contributed by atoms with van der Waals surface area (Å²) in [6.07, 6.45) is 0.0983. The first-order chi connectivity index (χ1) is 13.4. The van der Waals surface area contributed by atoms with Gasteiger partial charge in [0.05, 0.1) is 24.4 Å². The quantitative estimate of drug-likeness (QED) is 0.523. The second-order valence-corrected chi connectivity index (χ2v) is 7.95. The number of hydrogen-bond donors (Lipinski definition) is 2. The van der Waals surface area contributed by atoms with Crippen LogP contribution in [0.3, 0.4) is 0 Å². The van der Waals surface area contributed by atoms with Crippen LogP contribution in [0.25, 0.3) is 0 Å². The van der Waals surface area contributed by atoms with Crippen molar-refractivity contribution in [3.05, 3.63) is 50.9 Å². The smallest absolute Gasteiger partial charge is 0.350 e. The van der Waals surface area contributed by atoms with E-state index in [0.29, 0.717) is 31.6 Å². The molecule has 0 aliphatic heterocycles. The first-order valence-electron chi connectivity index (χ1n) is 8.36. The summed E-state index contributed by atoms with van der Waals surface area (Å²) in [7, 11) is 0. The molecule has 3 rings (SSSR count). The van der Waals surface area contributed by atoms with E-state index in [2.05, 4.69) is 20.6 Å². The average Bonchev–Trinajstić information content (AvgIpc) is 3.21. The number of esters is 1. The second kappa shape index (κ2) is 9.13. The summed E-state index contributed by atoms with van der Waals surface area (Å²) >= 11 is 8.46. The van der Waals surface area contributed by atoms with Gasteiger partial charge in [-0.1, -0.05) is 29.0 Å². The molecule has 3 aromatic rings. The summed E-state index contributed by atoms with van der Waals surface area (Å²) < 4.78 is 4.98. The molecule has 146 valence electrons. The fourth-order valence-electron chi connectivity index (χ4n) is 2.30. The highest BCUT2D eigenvalue weighted by atomic mass is 35.5. The van der Waals surface area contributed by atoms with E-state index in [9.17, 15) is 9.59 Å². The maximum Gasteiger partial charge on any atom is 0.350 e. The molecule has 0 saturated carbocycles. The molecule has 0 spiro atoms. The van der Waals surface area contributed by atoms with Crippen molar-refractivity contribution >= 4 is 62.1 Å². The average molecular weight is 437 g/mol. The van der Waals surface area contributed by atoms with Crippen molar-refractivity contribution < 1.29 is 14.3 Å². The Kier molecular flexibility index (Phi) is 6.61. The zero-order valence-electron chi connectivity index (χ0n) is 15.1. The van der Waals surface area contributed by atoms with Crippen LogP contribution in [0.1, 0.15) is 28.0 Å². The number of nitrogens with one attached hydrogen (secondary N) is 2. The summed E-state index contributed by atoms with van der Waals surface area (Å²) in [6.45, 7) is 3.72. The summed E-state index contributed by atoms with van der Waals surface area (Å²) in [5, 5.41) is 9.32. The van der Waals surface area contributed by atoms with E-state index in [4.69, 9.17) is 16.3 Å². The maximum atomic E-state index is 12.3. The molecule has 0 atom stereocenters. The molecule has 0 saturated heterocycles. The molecular formula is C18H17ClN4O3S2. The number of anilines is 3. The first-order valence-corrected chi connectivity index (χ1v) is 10.4. The molecule has 0 unspecified atom stereocenters. The molecule has 0 bridgehead atoms. The fourth-order valence-corrected chi connectivity index (χ4v) is 4.10. The number of halogens is 1. The second-order valence-electron chi connectivity index (χ2n) is 5.66. The van der Waals surface area contributed by atoms with Crippen molar-refractivity contribution in [3.8, 4) is 0 Å². The zero-order valence-corrected chi connectivity index (χ0v) is 17.5. The van der Waals surface area contributed by atoms with Gasteiger partial charge in [0.15, 0.2) is 10.3 Å². The minimum Gasteiger partial charge on any atom is -0.462 e. The Morgan fingerprint density at radius 1 is 1.25 bits per heavy atom. The number of carbonyl (C=O) groups excluding carboxylic acids is 2. The Morgan fingerprint density at radius 2 is 2.07 bits per heavy atom. The highest BCUT2D eigenvalue weighted by molar-refractivity contribution is 7.17. The van der Waals surface area contributed by atoms with E-state index >= 15 is 0 Å². The Morgan fingerprint density at radius 3 is 2.82 bits per heavy atom. The lowest BCUT2D eigenvalue weighted by molar-refractivity contribution is -0.115. The largest absolute Gasteiger partial charge is 0.462 e. The molecule has 0 radical (unpaired) electrons. The highest BCUT2D eigenvalue weighted by Gasteiger charge is 2.18. The lowest BCUT2D eigenvalue weighted by Crippen LogP contribution is -2.14. The normalized spacial score (nSPS) is 10.5. The molecule has 2 N–H and O–H groups in total. The van der Waals surface area contributed by atoms with Gasteiger partial charge in [-0.2, -0.15) is 0 Å². The van der Waals surface area contributed by atoms with Gasteiger partial charge in [0, 0.05) is 16.1 Å². The van der Waals surface area contributed by atoms with Crippen molar-refractivity contribution in [2.24, 2.45) is 0 Å². The molecule has 10 heteroatoms. The third-order valence-electron chi connectivity index (χ3n) is 3.47. The number of thiazole rings is 2. The van der Waals surface area contributed by atoms with E-state index in [1.54, 1.807) is 26.0 Å². The van der Waals surface area contributed by atoms with E-state index in [1.165, 1.54) is 11.3 Å². The minimum absolute atomic E-state index is 0.0983. The number of carbonyl (C=O) groups is 2. The van der Waals surface area contributed by atoms with Crippen LogP contribution >= 0.6 is 34.3 Å². The molecule has 1 aromatic carbocycles. The van der Waals surface area contributed by atoms with Crippen LogP contribution in [0.15, 0.2) is 29.6 Å². The molecule has 2 aromatic heterocycles. The first kappa shape index (κ1) is 20.2. The molecule has 0 fully saturated rings. The van der Waals surface area contributed by atoms with Gasteiger partial charge in [-0.15, -0.1) is 11.3 Å². The van der Waals surface area contributed by atoms with E-state index in [1.807, 2.05) is 17.5 Å². The molecule has 2 heterocycles. The van der Waals surface area contributed by atoms with Crippen molar-refractivity contribution in [1.82, 2.24) is 9.97 Å². The van der Waals surface area contributed by atoms with Crippen LogP contribution in [0, 0.1) is 6.92 Å². The number of benzene rings is 1. The molecule has 0 aliphatic rings. The Bertz CT molecular complexity index is 1000. The van der Waals surface area contributed by atoms with Gasteiger partial charge in [-0.25, -0.2) is 14.8 Å². The third kappa shape index (κ3) is 5.28. The standard InChI is InChI=1S/C18H17ClN4O3S2/c1-3-26-16(25)15-10(2)20-18(28-15)23-14(24)8-13-9-27-17(22-13)21-12-6-4-5-11(19)7-12/h4-7,9H,3,8H2,1-2H3,(H,21,22)(H,20,23,24). The Hall–Kier alpha value is -2.49. The van der Waals surface area contributed by atoms with Gasteiger partial charge < -0.3 is 15.4 Å². The van der Waals surface area contributed by atoms with Crippen LogP contribution in [0.5, 0.6) is 0 Å². The number of aromatic nitrogens is 2. The Labute approximate surface area is 174 Å². The zero-order chi connectivity index (χ0) is 20.1. The number of ether oxygens (including phenoxy) is 1. The van der Waals surface area contributed by atoms with Gasteiger partial charge in [0.2, 0.25) is 5.91 Å². The van der Waals surface area contributed by atoms with Gasteiger partial charge in [0.1, 0.15) is 4.88 Å². The van der Waals surface area contributed by atoms with Gasteiger partial charge in [-0.05, 0) is 32.0 Å². The van der Waals surface area contributed by atoms with Crippen molar-refractivity contribution in [2.45, 2.75) is 20.3 Å². The fraction of sp³-hybridized carbons (Fsp3) is 0.222. The van der Waals surface area contributed by atoms with Gasteiger partial charge in [0.25, 0.3) is 0 Å². The monoisotopic (exact) mass is 436 g/mol. The van der Waals surface area contributed by atoms with Crippen molar-refractivity contribution in [3.63, 3.8) is 0 Å². The van der Waals surface area contributed by atoms with Crippen LogP contribution in [0.4, 0.5) is 16.0 Å².